The minimum absolute atomic E-state index is 0.126. The van der Waals surface area contributed by atoms with Crippen LogP contribution in [0.5, 0.6) is 0 Å². The van der Waals surface area contributed by atoms with Crippen LogP contribution in [0, 0.1) is 11.7 Å². The molecule has 1 saturated heterocycles. The quantitative estimate of drug-likeness (QED) is 0.847. The number of hydrogen-bond acceptors (Lipinski definition) is 2. The predicted octanol–water partition coefficient (Wildman–Crippen LogP) is 3.48. The third kappa shape index (κ3) is 4.69. The molecule has 0 aromatic heterocycles. The molecule has 0 bridgehead atoms. The number of aliphatic hydroxyl groups is 1. The van der Waals surface area contributed by atoms with Gasteiger partial charge < -0.3 is 10.0 Å². The van der Waals surface area contributed by atoms with E-state index in [4.69, 9.17) is 0 Å². The number of carbonyl (C=O) groups excluding carboxylic acids is 1. The summed E-state index contributed by atoms with van der Waals surface area (Å²) in [7, 11) is 0. The number of halogens is 4. The molecular formula is C17H21F4NO2. The molecule has 3 nitrogen and oxygen atoms in total. The van der Waals surface area contributed by atoms with Gasteiger partial charge in [-0.05, 0) is 42.4 Å². The molecule has 1 heterocycles. The van der Waals surface area contributed by atoms with Crippen molar-refractivity contribution in [1.82, 2.24) is 4.90 Å². The Balaban J connectivity index is 1.87. The lowest BCUT2D eigenvalue weighted by molar-refractivity contribution is -0.222. The van der Waals surface area contributed by atoms with Crippen molar-refractivity contribution in [3.05, 3.63) is 35.6 Å². The van der Waals surface area contributed by atoms with Crippen molar-refractivity contribution in [2.45, 2.75) is 44.4 Å². The Labute approximate surface area is 138 Å². The molecule has 2 unspecified atom stereocenters. The summed E-state index contributed by atoms with van der Waals surface area (Å²) in [5, 5.41) is 9.29. The number of nitrogens with zero attached hydrogens (tertiary/aromatic N) is 1. The molecule has 1 aromatic carbocycles. The Bertz CT molecular complexity index is 568. The number of carbonyl (C=O) groups is 1. The molecular weight excluding hydrogens is 326 g/mol. The van der Waals surface area contributed by atoms with Crippen molar-refractivity contribution in [1.29, 1.82) is 0 Å². The summed E-state index contributed by atoms with van der Waals surface area (Å²) in [5.41, 5.74) is 0.714. The highest BCUT2D eigenvalue weighted by Gasteiger charge is 2.44. The fourth-order valence-electron chi connectivity index (χ4n) is 3.05. The van der Waals surface area contributed by atoms with Crippen LogP contribution in [-0.2, 0) is 4.79 Å². The van der Waals surface area contributed by atoms with E-state index < -0.39 is 18.2 Å². The smallest absolute Gasteiger partial charge is 0.383 e. The van der Waals surface area contributed by atoms with Crippen LogP contribution in [-0.4, -0.2) is 41.3 Å². The summed E-state index contributed by atoms with van der Waals surface area (Å²) >= 11 is 0. The highest BCUT2D eigenvalue weighted by molar-refractivity contribution is 5.77. The first-order valence-corrected chi connectivity index (χ1v) is 7.96. The van der Waals surface area contributed by atoms with Crippen molar-refractivity contribution in [3.63, 3.8) is 0 Å². The molecule has 0 aliphatic carbocycles. The van der Waals surface area contributed by atoms with Crippen LogP contribution >= 0.6 is 0 Å². The van der Waals surface area contributed by atoms with Gasteiger partial charge in [-0.1, -0.05) is 19.1 Å². The van der Waals surface area contributed by atoms with Crippen LogP contribution in [0.15, 0.2) is 24.3 Å². The van der Waals surface area contributed by atoms with E-state index in [1.54, 1.807) is 12.1 Å². The average molecular weight is 347 g/mol. The normalized spacial score (nSPS) is 19.2. The van der Waals surface area contributed by atoms with Crippen LogP contribution in [0.25, 0.3) is 0 Å². The number of amides is 1. The summed E-state index contributed by atoms with van der Waals surface area (Å²) in [4.78, 5) is 13.8. The number of aliphatic hydroxyl groups excluding tert-OH is 1. The zero-order valence-corrected chi connectivity index (χ0v) is 13.4. The van der Waals surface area contributed by atoms with E-state index in [0.29, 0.717) is 5.56 Å². The largest absolute Gasteiger partial charge is 0.414 e. The summed E-state index contributed by atoms with van der Waals surface area (Å²) in [5.74, 6) is -1.57. The van der Waals surface area contributed by atoms with Gasteiger partial charge in [-0.15, -0.1) is 0 Å². The van der Waals surface area contributed by atoms with Crippen LogP contribution in [0.4, 0.5) is 17.6 Å². The fraction of sp³-hybridized carbons (Fsp3) is 0.588. The van der Waals surface area contributed by atoms with Crippen LogP contribution in [0.2, 0.25) is 0 Å². The van der Waals surface area contributed by atoms with E-state index in [1.165, 1.54) is 17.0 Å². The maximum Gasteiger partial charge on any atom is 0.414 e. The van der Waals surface area contributed by atoms with Gasteiger partial charge in [0.15, 0.2) is 6.10 Å². The van der Waals surface area contributed by atoms with Crippen LogP contribution in [0.1, 0.15) is 37.7 Å². The number of rotatable bonds is 4. The Hall–Kier alpha value is -1.63. The zero-order chi connectivity index (χ0) is 17.9. The summed E-state index contributed by atoms with van der Waals surface area (Å²) in [6, 6.07) is 6.03. The molecule has 0 saturated carbocycles. The van der Waals surface area contributed by atoms with Gasteiger partial charge in [-0.2, -0.15) is 13.2 Å². The van der Waals surface area contributed by atoms with Gasteiger partial charge in [0, 0.05) is 19.5 Å². The van der Waals surface area contributed by atoms with Gasteiger partial charge in [0.1, 0.15) is 5.82 Å². The first-order valence-electron chi connectivity index (χ1n) is 7.96. The molecule has 24 heavy (non-hydrogen) atoms. The first kappa shape index (κ1) is 18.7. The van der Waals surface area contributed by atoms with Crippen molar-refractivity contribution in [2.24, 2.45) is 5.92 Å². The van der Waals surface area contributed by atoms with Crippen molar-refractivity contribution < 1.29 is 27.5 Å². The Kier molecular flexibility index (Phi) is 5.85. The van der Waals surface area contributed by atoms with E-state index in [0.717, 1.165) is 0 Å². The highest BCUT2D eigenvalue weighted by Crippen LogP contribution is 2.32. The number of likely N-dealkylation sites (tertiary alicyclic amines) is 1. The molecule has 7 heteroatoms. The van der Waals surface area contributed by atoms with E-state index in [1.807, 2.05) is 6.92 Å². The van der Waals surface area contributed by atoms with Gasteiger partial charge in [-0.25, -0.2) is 4.39 Å². The molecule has 134 valence electrons. The lowest BCUT2D eigenvalue weighted by Crippen LogP contribution is -2.45. The lowest BCUT2D eigenvalue weighted by Gasteiger charge is -2.35. The van der Waals surface area contributed by atoms with Gasteiger partial charge >= 0.3 is 6.18 Å². The van der Waals surface area contributed by atoms with E-state index >= 15 is 0 Å². The number of hydrogen-bond donors (Lipinski definition) is 1. The second kappa shape index (κ2) is 7.51. The average Bonchev–Trinajstić information content (AvgIpc) is 2.53. The third-order valence-corrected chi connectivity index (χ3v) is 4.57. The van der Waals surface area contributed by atoms with E-state index in [-0.39, 0.29) is 50.0 Å². The number of alkyl halides is 3. The first-order chi connectivity index (χ1) is 11.2. The summed E-state index contributed by atoms with van der Waals surface area (Å²) in [6.45, 7) is 2.21. The minimum Gasteiger partial charge on any atom is -0.383 e. The van der Waals surface area contributed by atoms with Crippen molar-refractivity contribution >= 4 is 5.91 Å². The van der Waals surface area contributed by atoms with Gasteiger partial charge in [0.2, 0.25) is 5.91 Å². The van der Waals surface area contributed by atoms with Crippen LogP contribution < -0.4 is 0 Å². The van der Waals surface area contributed by atoms with Gasteiger partial charge in [-0.3, -0.25) is 4.79 Å². The Morgan fingerprint density at radius 3 is 2.50 bits per heavy atom. The Morgan fingerprint density at radius 1 is 1.33 bits per heavy atom. The predicted molar refractivity (Wildman–Crippen MR) is 80.8 cm³/mol. The molecule has 1 aromatic rings. The van der Waals surface area contributed by atoms with Gasteiger partial charge in [0.25, 0.3) is 0 Å². The molecule has 1 aliphatic heterocycles. The van der Waals surface area contributed by atoms with Gasteiger partial charge in [0.05, 0.1) is 0 Å². The number of benzene rings is 1. The highest BCUT2D eigenvalue weighted by atomic mass is 19.4. The molecule has 0 radical (unpaired) electrons. The SMILES string of the molecule is CC(CC(=O)N1CCC(C(O)C(F)(F)F)CC1)c1cccc(F)c1. The lowest BCUT2D eigenvalue weighted by atomic mass is 9.90. The molecule has 1 aliphatic rings. The second-order valence-corrected chi connectivity index (χ2v) is 6.36. The van der Waals surface area contributed by atoms with E-state index in [2.05, 4.69) is 0 Å². The standard InChI is InChI=1S/C17H21F4NO2/c1-11(13-3-2-4-14(18)10-13)9-15(23)22-7-5-12(6-8-22)16(24)17(19,20)21/h2-4,10-12,16,24H,5-9H2,1H3. The zero-order valence-electron chi connectivity index (χ0n) is 13.4. The maximum atomic E-state index is 13.2. The topological polar surface area (TPSA) is 40.5 Å². The van der Waals surface area contributed by atoms with E-state index in [9.17, 15) is 27.5 Å². The summed E-state index contributed by atoms with van der Waals surface area (Å²) in [6.07, 6.45) is -6.53. The summed E-state index contributed by atoms with van der Waals surface area (Å²) < 4.78 is 50.8. The maximum absolute atomic E-state index is 13.2. The molecule has 2 rings (SSSR count). The molecule has 2 atom stereocenters. The second-order valence-electron chi connectivity index (χ2n) is 6.36. The fourth-order valence-corrected chi connectivity index (χ4v) is 3.05. The van der Waals surface area contributed by atoms with Crippen molar-refractivity contribution in [2.75, 3.05) is 13.1 Å². The Morgan fingerprint density at radius 2 is 1.96 bits per heavy atom. The molecule has 1 fully saturated rings. The van der Waals surface area contributed by atoms with Crippen LogP contribution in [0.3, 0.4) is 0 Å². The minimum atomic E-state index is -4.62. The number of piperidine rings is 1. The monoisotopic (exact) mass is 347 g/mol. The molecule has 1 N–H and O–H groups in total. The third-order valence-electron chi connectivity index (χ3n) is 4.57. The molecule has 0 spiro atoms. The molecule has 1 amide bonds. The van der Waals surface area contributed by atoms with Crippen molar-refractivity contribution in [3.8, 4) is 0 Å².